The molecular formula is C19H21N3O3S3. The number of para-hydroxylation sites is 1. The first kappa shape index (κ1) is 20.8. The molecule has 0 fully saturated rings. The van der Waals surface area contributed by atoms with Crippen molar-refractivity contribution >= 4 is 49.2 Å². The van der Waals surface area contributed by atoms with E-state index in [1.807, 2.05) is 18.2 Å². The molecule has 0 aliphatic rings. The molecule has 0 aliphatic heterocycles. The average Bonchev–Trinajstić information content (AvgIpc) is 3.08. The van der Waals surface area contributed by atoms with Crippen molar-refractivity contribution < 1.29 is 13.2 Å². The van der Waals surface area contributed by atoms with Crippen LogP contribution >= 0.6 is 23.1 Å². The van der Waals surface area contributed by atoms with E-state index in [9.17, 15) is 13.2 Å². The summed E-state index contributed by atoms with van der Waals surface area (Å²) in [6, 6.07) is 14.4. The maximum absolute atomic E-state index is 11.9. The molecule has 148 valence electrons. The van der Waals surface area contributed by atoms with E-state index in [-0.39, 0.29) is 10.8 Å². The van der Waals surface area contributed by atoms with Gasteiger partial charge >= 0.3 is 0 Å². The number of thiazole rings is 1. The lowest BCUT2D eigenvalue weighted by Gasteiger charge is -2.06. The quantitative estimate of drug-likeness (QED) is 0.397. The van der Waals surface area contributed by atoms with Crippen molar-refractivity contribution in [1.82, 2.24) is 10.3 Å². The predicted molar refractivity (Wildman–Crippen MR) is 114 cm³/mol. The summed E-state index contributed by atoms with van der Waals surface area (Å²) in [7, 11) is -3.67. The Morgan fingerprint density at radius 3 is 2.61 bits per heavy atom. The van der Waals surface area contributed by atoms with E-state index in [1.54, 1.807) is 35.2 Å². The minimum absolute atomic E-state index is 0.0195. The minimum Gasteiger partial charge on any atom is -0.356 e. The number of aromatic nitrogens is 1. The number of sulfonamides is 1. The molecule has 1 amide bonds. The lowest BCUT2D eigenvalue weighted by atomic mass is 10.1. The number of carbonyl (C=O) groups excluding carboxylic acids is 1. The van der Waals surface area contributed by atoms with E-state index < -0.39 is 10.0 Å². The molecule has 1 heterocycles. The molecule has 3 rings (SSSR count). The molecule has 0 saturated carbocycles. The van der Waals surface area contributed by atoms with E-state index >= 15 is 0 Å². The highest BCUT2D eigenvalue weighted by Crippen LogP contribution is 2.29. The van der Waals surface area contributed by atoms with Gasteiger partial charge in [0.05, 0.1) is 15.1 Å². The predicted octanol–water partition coefficient (Wildman–Crippen LogP) is 3.17. The van der Waals surface area contributed by atoms with Crippen LogP contribution in [0.25, 0.3) is 10.2 Å². The van der Waals surface area contributed by atoms with Crippen LogP contribution in [0.3, 0.4) is 0 Å². The number of benzene rings is 2. The normalized spacial score (nSPS) is 11.6. The van der Waals surface area contributed by atoms with Crippen molar-refractivity contribution in [2.75, 3.05) is 12.3 Å². The van der Waals surface area contributed by atoms with Gasteiger partial charge in [-0.05, 0) is 42.7 Å². The summed E-state index contributed by atoms with van der Waals surface area (Å²) < 4.78 is 24.7. The zero-order valence-corrected chi connectivity index (χ0v) is 17.6. The number of carbonyl (C=O) groups is 1. The highest BCUT2D eigenvalue weighted by atomic mass is 32.2. The Morgan fingerprint density at radius 1 is 1.14 bits per heavy atom. The molecule has 0 radical (unpaired) electrons. The number of thioether (sulfide) groups is 1. The van der Waals surface area contributed by atoms with E-state index in [0.29, 0.717) is 19.4 Å². The number of amides is 1. The Balaban J connectivity index is 1.33. The summed E-state index contributed by atoms with van der Waals surface area (Å²) in [6.07, 6.45) is 1.90. The summed E-state index contributed by atoms with van der Waals surface area (Å²) in [5.41, 5.74) is 1.96. The van der Waals surface area contributed by atoms with E-state index in [4.69, 9.17) is 5.14 Å². The average molecular weight is 436 g/mol. The number of rotatable bonds is 9. The second-order valence-corrected chi connectivity index (χ2v) is 10.1. The smallest absolute Gasteiger partial charge is 0.238 e. The van der Waals surface area contributed by atoms with E-state index in [1.165, 1.54) is 16.8 Å². The van der Waals surface area contributed by atoms with Crippen molar-refractivity contribution in [1.29, 1.82) is 0 Å². The number of hydrogen-bond donors (Lipinski definition) is 2. The van der Waals surface area contributed by atoms with Crippen molar-refractivity contribution in [3.8, 4) is 0 Å². The third-order valence-corrected chi connectivity index (χ3v) is 7.23. The molecule has 0 unspecified atom stereocenters. The zero-order valence-electron chi connectivity index (χ0n) is 15.1. The second kappa shape index (κ2) is 9.51. The Labute approximate surface area is 172 Å². The molecule has 0 atom stereocenters. The molecule has 3 N–H and O–H groups in total. The van der Waals surface area contributed by atoms with Crippen molar-refractivity contribution in [2.45, 2.75) is 28.5 Å². The Kier molecular flexibility index (Phi) is 7.06. The Morgan fingerprint density at radius 2 is 1.89 bits per heavy atom. The summed E-state index contributed by atoms with van der Waals surface area (Å²) in [5.74, 6) is 0.869. The van der Waals surface area contributed by atoms with Crippen LogP contribution in [0.2, 0.25) is 0 Å². The van der Waals surface area contributed by atoms with Crippen LogP contribution in [-0.4, -0.2) is 31.6 Å². The first-order chi connectivity index (χ1) is 13.4. The summed E-state index contributed by atoms with van der Waals surface area (Å²) in [6.45, 7) is 0.512. The molecule has 0 spiro atoms. The number of nitrogens with two attached hydrogens (primary N) is 1. The largest absolute Gasteiger partial charge is 0.356 e. The first-order valence-corrected chi connectivity index (χ1v) is 12.1. The summed E-state index contributed by atoms with van der Waals surface area (Å²) in [4.78, 5) is 16.6. The first-order valence-electron chi connectivity index (χ1n) is 8.78. The monoisotopic (exact) mass is 435 g/mol. The van der Waals surface area contributed by atoms with Crippen LogP contribution in [0, 0.1) is 0 Å². The Hall–Kier alpha value is -1.94. The van der Waals surface area contributed by atoms with Crippen LogP contribution in [0.15, 0.2) is 57.8 Å². The van der Waals surface area contributed by atoms with Crippen LogP contribution in [0.4, 0.5) is 0 Å². The molecule has 2 aromatic carbocycles. The van der Waals surface area contributed by atoms with Gasteiger partial charge in [-0.2, -0.15) is 0 Å². The van der Waals surface area contributed by atoms with Gasteiger partial charge in [0, 0.05) is 18.7 Å². The lowest BCUT2D eigenvalue weighted by molar-refractivity contribution is -0.121. The number of nitrogens with one attached hydrogen (secondary N) is 1. The fraction of sp³-hybridized carbons (Fsp3) is 0.263. The maximum Gasteiger partial charge on any atom is 0.238 e. The molecule has 6 nitrogen and oxygen atoms in total. The summed E-state index contributed by atoms with van der Waals surface area (Å²) in [5, 5.41) is 7.96. The van der Waals surface area contributed by atoms with Gasteiger partial charge in [-0.1, -0.05) is 36.0 Å². The Bertz CT molecular complexity index is 1010. The van der Waals surface area contributed by atoms with Gasteiger partial charge in [0.2, 0.25) is 15.9 Å². The standard InChI is InChI=1S/C19H21N3O3S3/c20-28(24,25)15-9-7-14(8-10-15)11-12-21-18(23)6-3-13-26-19-22-16-4-1-2-5-17(16)27-19/h1-2,4-5,7-10H,3,6,11-13H2,(H,21,23)(H2,20,24,25). The molecule has 9 heteroatoms. The molecule has 0 aliphatic carbocycles. The highest BCUT2D eigenvalue weighted by molar-refractivity contribution is 8.01. The molecule has 1 aromatic heterocycles. The van der Waals surface area contributed by atoms with Crippen molar-refractivity contribution in [3.63, 3.8) is 0 Å². The molecule has 3 aromatic rings. The molecule has 0 saturated heterocycles. The van der Waals surface area contributed by atoms with Gasteiger partial charge in [0.15, 0.2) is 4.34 Å². The molecular weight excluding hydrogens is 414 g/mol. The zero-order chi connectivity index (χ0) is 20.0. The fourth-order valence-electron chi connectivity index (χ4n) is 2.59. The SMILES string of the molecule is NS(=O)(=O)c1ccc(CCNC(=O)CCCSc2nc3ccccc3s2)cc1. The minimum atomic E-state index is -3.67. The molecule has 0 bridgehead atoms. The number of primary sulfonamides is 1. The number of fused-ring (bicyclic) bond motifs is 1. The van der Waals surface area contributed by atoms with Gasteiger partial charge < -0.3 is 5.32 Å². The van der Waals surface area contributed by atoms with Crippen LogP contribution in [-0.2, 0) is 21.2 Å². The van der Waals surface area contributed by atoms with Gasteiger partial charge in [-0.25, -0.2) is 18.5 Å². The van der Waals surface area contributed by atoms with Crippen molar-refractivity contribution in [2.24, 2.45) is 5.14 Å². The van der Waals surface area contributed by atoms with Crippen LogP contribution < -0.4 is 10.5 Å². The number of hydrogen-bond acceptors (Lipinski definition) is 6. The van der Waals surface area contributed by atoms with Crippen LogP contribution in [0.5, 0.6) is 0 Å². The second-order valence-electron chi connectivity index (χ2n) is 6.19. The third-order valence-electron chi connectivity index (χ3n) is 4.04. The van der Waals surface area contributed by atoms with Gasteiger partial charge in [0.1, 0.15) is 0 Å². The van der Waals surface area contributed by atoms with Gasteiger partial charge in [-0.15, -0.1) is 11.3 Å². The fourth-order valence-corrected chi connectivity index (χ4v) is 5.18. The summed E-state index contributed by atoms with van der Waals surface area (Å²) >= 11 is 3.36. The topological polar surface area (TPSA) is 102 Å². The van der Waals surface area contributed by atoms with Gasteiger partial charge in [0.25, 0.3) is 0 Å². The lowest BCUT2D eigenvalue weighted by Crippen LogP contribution is -2.25. The van der Waals surface area contributed by atoms with E-state index in [0.717, 1.165) is 27.6 Å². The number of nitrogens with zero attached hydrogens (tertiary/aromatic N) is 1. The maximum atomic E-state index is 11.9. The highest BCUT2D eigenvalue weighted by Gasteiger charge is 2.07. The van der Waals surface area contributed by atoms with Crippen LogP contribution in [0.1, 0.15) is 18.4 Å². The third kappa shape index (κ3) is 6.03. The van der Waals surface area contributed by atoms with Gasteiger partial charge in [-0.3, -0.25) is 4.79 Å². The molecule has 28 heavy (non-hydrogen) atoms. The van der Waals surface area contributed by atoms with Crippen molar-refractivity contribution in [3.05, 3.63) is 54.1 Å². The van der Waals surface area contributed by atoms with E-state index in [2.05, 4.69) is 16.4 Å².